The molecule has 1 heterocycles. The molecule has 0 spiro atoms. The fourth-order valence-corrected chi connectivity index (χ4v) is 2.68. The van der Waals surface area contributed by atoms with Crippen LogP contribution in [0.3, 0.4) is 0 Å². The van der Waals surface area contributed by atoms with Gasteiger partial charge in [-0.3, -0.25) is 0 Å². The number of methoxy groups -OCH3 is 1. The van der Waals surface area contributed by atoms with Crippen molar-refractivity contribution >= 4 is 21.7 Å². The third kappa shape index (κ3) is 3.36. The molecule has 0 saturated heterocycles. The van der Waals surface area contributed by atoms with Crippen LogP contribution in [0, 0.1) is 0 Å². The molecule has 0 aliphatic carbocycles. The van der Waals surface area contributed by atoms with Gasteiger partial charge in [-0.05, 0) is 50.8 Å². The molecule has 2 aromatic carbocycles. The molecule has 0 aliphatic rings. The van der Waals surface area contributed by atoms with Gasteiger partial charge in [0.2, 0.25) is 0 Å². The molecular weight excluding hydrogens is 306 g/mol. The minimum atomic E-state index is -0.374. The Morgan fingerprint density at radius 3 is 2.50 bits per heavy atom. The first-order valence-electron chi connectivity index (χ1n) is 7.90. The highest BCUT2D eigenvalue weighted by molar-refractivity contribution is 6.04. The highest BCUT2D eigenvalue weighted by atomic mass is 16.5. The van der Waals surface area contributed by atoms with Gasteiger partial charge in [-0.15, -0.1) is 0 Å². The minimum absolute atomic E-state index is 0.374. The lowest BCUT2D eigenvalue weighted by Gasteiger charge is -2.11. The zero-order chi connectivity index (χ0) is 17.1. The van der Waals surface area contributed by atoms with Gasteiger partial charge in [-0.25, -0.2) is 4.79 Å². The molecule has 0 saturated carbocycles. The van der Waals surface area contributed by atoms with Crippen LogP contribution in [0.25, 0.3) is 21.7 Å². The number of rotatable bonds is 6. The fraction of sp³-hybridized carbons (Fsp3) is 0.316. The number of hydrogen-bond donors (Lipinski definition) is 0. The summed E-state index contributed by atoms with van der Waals surface area (Å²) in [5.74, 6) is 1.34. The van der Waals surface area contributed by atoms with Gasteiger partial charge >= 0.3 is 5.63 Å². The molecule has 5 heteroatoms. The lowest BCUT2D eigenvalue weighted by molar-refractivity contribution is 0.281. The van der Waals surface area contributed by atoms with Gasteiger partial charge in [-0.2, -0.15) is 0 Å². The van der Waals surface area contributed by atoms with E-state index in [9.17, 15) is 4.79 Å². The second-order valence-electron chi connectivity index (χ2n) is 5.96. The Hall–Kier alpha value is -2.53. The van der Waals surface area contributed by atoms with Gasteiger partial charge < -0.3 is 18.8 Å². The van der Waals surface area contributed by atoms with Crippen molar-refractivity contribution in [1.29, 1.82) is 0 Å². The Morgan fingerprint density at radius 1 is 1.00 bits per heavy atom. The van der Waals surface area contributed by atoms with E-state index in [1.54, 1.807) is 19.2 Å². The van der Waals surface area contributed by atoms with Crippen LogP contribution in [0.1, 0.15) is 6.42 Å². The monoisotopic (exact) mass is 327 g/mol. The number of nitrogens with zero attached hydrogens (tertiary/aromatic N) is 1. The summed E-state index contributed by atoms with van der Waals surface area (Å²) in [6, 6.07) is 11.0. The van der Waals surface area contributed by atoms with Crippen LogP contribution >= 0.6 is 0 Å². The van der Waals surface area contributed by atoms with Crippen LogP contribution in [-0.4, -0.2) is 39.3 Å². The molecule has 0 aliphatic heterocycles. The van der Waals surface area contributed by atoms with E-state index in [1.807, 2.05) is 38.4 Å². The van der Waals surface area contributed by atoms with Crippen molar-refractivity contribution < 1.29 is 13.9 Å². The average molecular weight is 327 g/mol. The highest BCUT2D eigenvalue weighted by Crippen LogP contribution is 2.28. The largest absolute Gasteiger partial charge is 0.497 e. The molecule has 0 N–H and O–H groups in total. The summed E-state index contributed by atoms with van der Waals surface area (Å²) in [5.41, 5.74) is 0.156. The molecule has 0 radical (unpaired) electrons. The molecule has 0 fully saturated rings. The third-order valence-corrected chi connectivity index (χ3v) is 3.91. The van der Waals surface area contributed by atoms with E-state index in [1.165, 1.54) is 0 Å². The van der Waals surface area contributed by atoms with Crippen molar-refractivity contribution in [2.24, 2.45) is 0 Å². The van der Waals surface area contributed by atoms with Crippen LogP contribution in [0.4, 0.5) is 0 Å². The quantitative estimate of drug-likeness (QED) is 0.395. The van der Waals surface area contributed by atoms with Crippen LogP contribution in [-0.2, 0) is 0 Å². The summed E-state index contributed by atoms with van der Waals surface area (Å²) in [4.78, 5) is 14.4. The van der Waals surface area contributed by atoms with Gasteiger partial charge in [0, 0.05) is 23.4 Å². The fourth-order valence-electron chi connectivity index (χ4n) is 2.68. The maximum absolute atomic E-state index is 12.2. The molecule has 126 valence electrons. The smallest absolute Gasteiger partial charge is 0.344 e. The summed E-state index contributed by atoms with van der Waals surface area (Å²) in [5, 5.41) is 2.25. The Kier molecular flexibility index (Phi) is 4.71. The first kappa shape index (κ1) is 16.3. The summed E-state index contributed by atoms with van der Waals surface area (Å²) < 4.78 is 16.4. The first-order chi connectivity index (χ1) is 11.6. The Bertz CT molecular complexity index is 914. The molecule has 0 bridgehead atoms. The molecule has 0 unspecified atom stereocenters. The average Bonchev–Trinajstić information content (AvgIpc) is 2.58. The summed E-state index contributed by atoms with van der Waals surface area (Å²) in [6.07, 6.45) is 0.937. The number of fused-ring (bicyclic) bond motifs is 3. The normalized spacial score (nSPS) is 11.3. The molecule has 3 rings (SSSR count). The summed E-state index contributed by atoms with van der Waals surface area (Å²) in [7, 11) is 5.64. The van der Waals surface area contributed by atoms with Gasteiger partial charge in [0.15, 0.2) is 0 Å². The second-order valence-corrected chi connectivity index (χ2v) is 5.96. The summed E-state index contributed by atoms with van der Waals surface area (Å²) in [6.45, 7) is 1.59. The molecule has 1 aromatic heterocycles. The maximum atomic E-state index is 12.2. The van der Waals surface area contributed by atoms with E-state index in [0.29, 0.717) is 29.1 Å². The van der Waals surface area contributed by atoms with Crippen molar-refractivity contribution in [2.75, 3.05) is 34.4 Å². The van der Waals surface area contributed by atoms with Gasteiger partial charge in [0.05, 0.1) is 19.1 Å². The predicted octanol–water partition coefficient (Wildman–Crippen LogP) is 3.29. The van der Waals surface area contributed by atoms with Crippen molar-refractivity contribution in [2.45, 2.75) is 6.42 Å². The SMILES string of the molecule is COc1ccc2c(c1)c(=O)oc1cc(OCCCN(C)C)ccc12. The first-order valence-corrected chi connectivity index (χ1v) is 7.90. The van der Waals surface area contributed by atoms with E-state index in [4.69, 9.17) is 13.9 Å². The predicted molar refractivity (Wildman–Crippen MR) is 95.2 cm³/mol. The van der Waals surface area contributed by atoms with Crippen LogP contribution in [0.2, 0.25) is 0 Å². The van der Waals surface area contributed by atoms with E-state index in [2.05, 4.69) is 4.90 Å². The summed E-state index contributed by atoms with van der Waals surface area (Å²) >= 11 is 0. The molecule has 5 nitrogen and oxygen atoms in total. The lowest BCUT2D eigenvalue weighted by atomic mass is 10.1. The van der Waals surface area contributed by atoms with Crippen LogP contribution in [0.15, 0.2) is 45.6 Å². The molecule has 24 heavy (non-hydrogen) atoms. The van der Waals surface area contributed by atoms with Crippen molar-refractivity contribution in [3.63, 3.8) is 0 Å². The van der Waals surface area contributed by atoms with Crippen molar-refractivity contribution in [1.82, 2.24) is 4.90 Å². The van der Waals surface area contributed by atoms with E-state index >= 15 is 0 Å². The zero-order valence-electron chi connectivity index (χ0n) is 14.2. The van der Waals surface area contributed by atoms with E-state index in [-0.39, 0.29) is 5.63 Å². The third-order valence-electron chi connectivity index (χ3n) is 3.91. The van der Waals surface area contributed by atoms with Gasteiger partial charge in [0.1, 0.15) is 17.1 Å². The van der Waals surface area contributed by atoms with Crippen LogP contribution in [0.5, 0.6) is 11.5 Å². The minimum Gasteiger partial charge on any atom is -0.497 e. The van der Waals surface area contributed by atoms with E-state index < -0.39 is 0 Å². The van der Waals surface area contributed by atoms with Crippen molar-refractivity contribution in [3.8, 4) is 11.5 Å². The second kappa shape index (κ2) is 6.93. The number of benzene rings is 2. The molecule has 3 aromatic rings. The Morgan fingerprint density at radius 2 is 1.75 bits per heavy atom. The molecular formula is C19H21NO4. The zero-order valence-corrected chi connectivity index (χ0v) is 14.2. The van der Waals surface area contributed by atoms with E-state index in [0.717, 1.165) is 23.7 Å². The van der Waals surface area contributed by atoms with Crippen LogP contribution < -0.4 is 15.1 Å². The maximum Gasteiger partial charge on any atom is 0.344 e. The topological polar surface area (TPSA) is 51.9 Å². The standard InChI is InChI=1S/C19H21NO4/c1-20(2)9-4-10-23-14-6-8-16-15-7-5-13(22-3)11-17(15)19(21)24-18(16)12-14/h5-8,11-12H,4,9-10H2,1-3H3. The van der Waals surface area contributed by atoms with Gasteiger partial charge in [0.25, 0.3) is 0 Å². The molecule has 0 atom stereocenters. The lowest BCUT2D eigenvalue weighted by Crippen LogP contribution is -2.15. The highest BCUT2D eigenvalue weighted by Gasteiger charge is 2.09. The number of hydrogen-bond acceptors (Lipinski definition) is 5. The Balaban J connectivity index is 1.93. The van der Waals surface area contributed by atoms with Crippen molar-refractivity contribution in [3.05, 3.63) is 46.8 Å². The molecule has 0 amide bonds. The Labute approximate surface area is 140 Å². The van der Waals surface area contributed by atoms with Gasteiger partial charge in [-0.1, -0.05) is 0 Å². The number of ether oxygens (including phenoxy) is 2.